The van der Waals surface area contributed by atoms with Crippen molar-refractivity contribution in [3.63, 3.8) is 0 Å². The lowest BCUT2D eigenvalue weighted by Crippen LogP contribution is -2.21. The van der Waals surface area contributed by atoms with Crippen molar-refractivity contribution >= 4 is 5.71 Å². The van der Waals surface area contributed by atoms with Crippen molar-refractivity contribution in [2.75, 3.05) is 0 Å². The van der Waals surface area contributed by atoms with Crippen LogP contribution in [0.25, 0.3) is 17.0 Å². The minimum atomic E-state index is 0.876. The number of hydrogen-bond donors (Lipinski definition) is 0. The Labute approximate surface area is 100 Å². The summed E-state index contributed by atoms with van der Waals surface area (Å²) < 4.78 is 7.90. The molecule has 2 aromatic heterocycles. The molecule has 2 heteroatoms. The molecule has 0 atom stereocenters. The van der Waals surface area contributed by atoms with Crippen LogP contribution < -0.4 is 4.40 Å². The highest BCUT2D eigenvalue weighted by Gasteiger charge is 2.14. The van der Waals surface area contributed by atoms with E-state index in [-0.39, 0.29) is 0 Å². The van der Waals surface area contributed by atoms with E-state index in [2.05, 4.69) is 48.6 Å². The Bertz CT molecular complexity index is 665. The van der Waals surface area contributed by atoms with Crippen LogP contribution in [0.5, 0.6) is 0 Å². The van der Waals surface area contributed by atoms with Crippen molar-refractivity contribution in [1.82, 2.24) is 0 Å². The van der Waals surface area contributed by atoms with Crippen molar-refractivity contribution in [3.05, 3.63) is 59.9 Å². The Morgan fingerprint density at radius 2 is 1.71 bits per heavy atom. The van der Waals surface area contributed by atoms with Crippen molar-refractivity contribution in [2.45, 2.75) is 13.8 Å². The van der Waals surface area contributed by atoms with Gasteiger partial charge in [-0.3, -0.25) is 0 Å². The zero-order chi connectivity index (χ0) is 11.8. The lowest BCUT2D eigenvalue weighted by molar-refractivity contribution is -0.521. The van der Waals surface area contributed by atoms with Gasteiger partial charge in [-0.15, -0.1) is 4.40 Å². The molecule has 3 rings (SSSR count). The van der Waals surface area contributed by atoms with Crippen molar-refractivity contribution in [2.24, 2.45) is 0 Å². The second-order valence-corrected chi connectivity index (χ2v) is 4.34. The Kier molecular flexibility index (Phi) is 2.22. The van der Waals surface area contributed by atoms with Crippen molar-refractivity contribution in [3.8, 4) is 11.3 Å². The second kappa shape index (κ2) is 3.74. The Morgan fingerprint density at radius 3 is 2.41 bits per heavy atom. The SMILES string of the molecule is Cc1ccc(-c2c[n+]3c(C)cccc3o2)cc1. The molecule has 0 fully saturated rings. The molecule has 0 amide bonds. The van der Waals surface area contributed by atoms with E-state index in [0.717, 1.165) is 17.0 Å². The third kappa shape index (κ3) is 1.72. The average Bonchev–Trinajstić information content (AvgIpc) is 2.75. The molecule has 0 aliphatic heterocycles. The van der Waals surface area contributed by atoms with E-state index in [1.54, 1.807) is 0 Å². The first-order valence-electron chi connectivity index (χ1n) is 5.72. The predicted molar refractivity (Wildman–Crippen MR) is 66.8 cm³/mol. The standard InChI is InChI=1S/C15H14NO/c1-11-6-8-13(9-7-11)14-10-16-12(2)4-3-5-15(16)17-14/h3-10H,1-2H3/q+1. The fourth-order valence-electron chi connectivity index (χ4n) is 1.96. The van der Waals surface area contributed by atoms with E-state index in [1.807, 2.05) is 18.3 Å². The smallest absolute Gasteiger partial charge is 0.379 e. The van der Waals surface area contributed by atoms with Crippen LogP contribution in [0.1, 0.15) is 11.3 Å². The van der Waals surface area contributed by atoms with Crippen LogP contribution in [0.15, 0.2) is 53.1 Å². The normalized spacial score (nSPS) is 10.9. The number of hydrogen-bond acceptors (Lipinski definition) is 1. The van der Waals surface area contributed by atoms with Gasteiger partial charge in [-0.2, -0.15) is 0 Å². The van der Waals surface area contributed by atoms with Gasteiger partial charge in [0, 0.05) is 18.6 Å². The van der Waals surface area contributed by atoms with Gasteiger partial charge in [-0.25, -0.2) is 0 Å². The topological polar surface area (TPSA) is 17.2 Å². The quantitative estimate of drug-likeness (QED) is 0.580. The molecule has 0 N–H and O–H groups in total. The Balaban J connectivity index is 2.18. The van der Waals surface area contributed by atoms with Gasteiger partial charge in [0.05, 0.1) is 6.07 Å². The first-order chi connectivity index (χ1) is 8.24. The minimum Gasteiger partial charge on any atom is -0.398 e. The van der Waals surface area contributed by atoms with E-state index in [1.165, 1.54) is 11.3 Å². The second-order valence-electron chi connectivity index (χ2n) is 4.34. The molecule has 0 bridgehead atoms. The lowest BCUT2D eigenvalue weighted by atomic mass is 10.1. The summed E-state index contributed by atoms with van der Waals surface area (Å²) >= 11 is 0. The number of fused-ring (bicyclic) bond motifs is 1. The zero-order valence-electron chi connectivity index (χ0n) is 9.97. The van der Waals surface area contributed by atoms with Gasteiger partial charge < -0.3 is 4.42 Å². The van der Waals surface area contributed by atoms with Crippen LogP contribution in [0.3, 0.4) is 0 Å². The highest BCUT2D eigenvalue weighted by molar-refractivity contribution is 5.57. The molecule has 0 aliphatic carbocycles. The molecule has 0 spiro atoms. The largest absolute Gasteiger partial charge is 0.398 e. The van der Waals surface area contributed by atoms with Crippen molar-refractivity contribution in [1.29, 1.82) is 0 Å². The van der Waals surface area contributed by atoms with Gasteiger partial charge in [0.25, 0.3) is 0 Å². The number of aryl methyl sites for hydroxylation is 2. The van der Waals surface area contributed by atoms with Crippen LogP contribution in [-0.4, -0.2) is 0 Å². The molecule has 3 aromatic rings. The monoisotopic (exact) mass is 224 g/mol. The predicted octanol–water partition coefficient (Wildman–Crippen LogP) is 3.30. The molecular weight excluding hydrogens is 210 g/mol. The number of benzene rings is 1. The van der Waals surface area contributed by atoms with E-state index in [9.17, 15) is 0 Å². The van der Waals surface area contributed by atoms with Gasteiger partial charge in [0.15, 0.2) is 5.69 Å². The molecule has 0 saturated heterocycles. The van der Waals surface area contributed by atoms with Crippen LogP contribution in [-0.2, 0) is 0 Å². The number of aromatic nitrogens is 1. The molecule has 0 unspecified atom stereocenters. The number of rotatable bonds is 1. The molecule has 2 nitrogen and oxygen atoms in total. The average molecular weight is 224 g/mol. The zero-order valence-corrected chi connectivity index (χ0v) is 9.97. The van der Waals surface area contributed by atoms with Gasteiger partial charge >= 0.3 is 5.71 Å². The van der Waals surface area contributed by atoms with Gasteiger partial charge in [0.1, 0.15) is 0 Å². The minimum absolute atomic E-state index is 0.876. The number of oxazole rings is 1. The molecular formula is C15H14NO+. The summed E-state index contributed by atoms with van der Waals surface area (Å²) in [6.07, 6.45) is 2.04. The summed E-state index contributed by atoms with van der Waals surface area (Å²) in [4.78, 5) is 0. The molecule has 1 aromatic carbocycles. The van der Waals surface area contributed by atoms with Crippen LogP contribution in [0, 0.1) is 13.8 Å². The fraction of sp³-hybridized carbons (Fsp3) is 0.133. The first kappa shape index (κ1) is 10.1. The molecule has 0 aliphatic rings. The maximum atomic E-state index is 5.84. The van der Waals surface area contributed by atoms with E-state index in [0.29, 0.717) is 0 Å². The fourth-order valence-corrected chi connectivity index (χ4v) is 1.96. The number of nitrogens with zero attached hydrogens (tertiary/aromatic N) is 1. The van der Waals surface area contributed by atoms with E-state index >= 15 is 0 Å². The summed E-state index contributed by atoms with van der Waals surface area (Å²) in [5.41, 5.74) is 4.41. The summed E-state index contributed by atoms with van der Waals surface area (Å²) in [5.74, 6) is 0.902. The Hall–Kier alpha value is -2.09. The molecule has 0 saturated carbocycles. The first-order valence-corrected chi connectivity index (χ1v) is 5.72. The molecule has 2 heterocycles. The molecule has 17 heavy (non-hydrogen) atoms. The highest BCUT2D eigenvalue weighted by Crippen LogP contribution is 2.20. The lowest BCUT2D eigenvalue weighted by Gasteiger charge is -1.93. The summed E-state index contributed by atoms with van der Waals surface area (Å²) in [6.45, 7) is 4.16. The summed E-state index contributed by atoms with van der Waals surface area (Å²) in [7, 11) is 0. The van der Waals surface area contributed by atoms with Crippen LogP contribution in [0.2, 0.25) is 0 Å². The number of pyridine rings is 1. The third-order valence-electron chi connectivity index (χ3n) is 2.99. The summed E-state index contributed by atoms with van der Waals surface area (Å²) in [5, 5.41) is 0. The van der Waals surface area contributed by atoms with Gasteiger partial charge in [0.2, 0.25) is 12.0 Å². The molecule has 84 valence electrons. The Morgan fingerprint density at radius 1 is 0.941 bits per heavy atom. The van der Waals surface area contributed by atoms with Crippen molar-refractivity contribution < 1.29 is 8.82 Å². The maximum Gasteiger partial charge on any atom is 0.379 e. The van der Waals surface area contributed by atoms with E-state index < -0.39 is 0 Å². The van der Waals surface area contributed by atoms with Crippen LogP contribution >= 0.6 is 0 Å². The van der Waals surface area contributed by atoms with Gasteiger partial charge in [-0.05, 0) is 13.0 Å². The van der Waals surface area contributed by atoms with Crippen LogP contribution in [0.4, 0.5) is 0 Å². The van der Waals surface area contributed by atoms with E-state index in [4.69, 9.17) is 4.42 Å². The maximum absolute atomic E-state index is 5.84. The third-order valence-corrected chi connectivity index (χ3v) is 2.99. The molecule has 0 radical (unpaired) electrons. The highest BCUT2D eigenvalue weighted by atomic mass is 16.3. The summed E-state index contributed by atoms with van der Waals surface area (Å²) in [6, 6.07) is 14.4. The van der Waals surface area contributed by atoms with Gasteiger partial charge in [-0.1, -0.05) is 29.8 Å².